The molecule has 2 N–H and O–H groups in total. The van der Waals surface area contributed by atoms with Crippen LogP contribution in [0.2, 0.25) is 0 Å². The Labute approximate surface area is 99.2 Å². The Kier molecular flexibility index (Phi) is 4.59. The van der Waals surface area contributed by atoms with Gasteiger partial charge in [-0.3, -0.25) is 14.9 Å². The van der Waals surface area contributed by atoms with Crippen molar-refractivity contribution in [2.45, 2.75) is 6.92 Å². The van der Waals surface area contributed by atoms with Gasteiger partial charge in [0.2, 0.25) is 0 Å². The number of nitrogens with one attached hydrogen (secondary N) is 2. The van der Waals surface area contributed by atoms with Crippen molar-refractivity contribution in [1.82, 2.24) is 10.6 Å². The van der Waals surface area contributed by atoms with Crippen LogP contribution in [0.1, 0.15) is 15.9 Å². The van der Waals surface area contributed by atoms with Gasteiger partial charge in [-0.1, -0.05) is 6.07 Å². The summed E-state index contributed by atoms with van der Waals surface area (Å²) in [6, 6.07) is 4.45. The summed E-state index contributed by atoms with van der Waals surface area (Å²) in [5.74, 6) is -0.302. The number of hydrogen-bond donors (Lipinski definition) is 2. The summed E-state index contributed by atoms with van der Waals surface area (Å²) < 4.78 is 0. The number of nitro groups is 1. The molecule has 0 bridgehead atoms. The number of nitro benzene ring substituents is 1. The lowest BCUT2D eigenvalue weighted by atomic mass is 10.1. The number of hydrogen-bond acceptors (Lipinski definition) is 4. The van der Waals surface area contributed by atoms with E-state index < -0.39 is 4.92 Å². The zero-order valence-corrected chi connectivity index (χ0v) is 9.82. The van der Waals surface area contributed by atoms with Crippen molar-refractivity contribution in [2.24, 2.45) is 0 Å². The molecule has 0 fully saturated rings. The van der Waals surface area contributed by atoms with Crippen LogP contribution in [-0.2, 0) is 0 Å². The van der Waals surface area contributed by atoms with E-state index in [4.69, 9.17) is 0 Å². The number of rotatable bonds is 5. The van der Waals surface area contributed by atoms with Gasteiger partial charge in [-0.15, -0.1) is 0 Å². The smallest absolute Gasteiger partial charge is 0.273 e. The van der Waals surface area contributed by atoms with Gasteiger partial charge in [-0.2, -0.15) is 0 Å². The fourth-order valence-electron chi connectivity index (χ4n) is 1.35. The molecule has 17 heavy (non-hydrogen) atoms. The molecule has 0 spiro atoms. The maximum absolute atomic E-state index is 11.6. The maximum atomic E-state index is 11.6. The van der Waals surface area contributed by atoms with Crippen molar-refractivity contribution in [2.75, 3.05) is 20.1 Å². The van der Waals surface area contributed by atoms with E-state index in [1.807, 2.05) is 0 Å². The molecule has 0 aliphatic carbocycles. The number of benzene rings is 1. The van der Waals surface area contributed by atoms with Crippen molar-refractivity contribution >= 4 is 11.6 Å². The van der Waals surface area contributed by atoms with E-state index in [9.17, 15) is 14.9 Å². The quantitative estimate of drug-likeness (QED) is 0.452. The second kappa shape index (κ2) is 5.95. The lowest BCUT2D eigenvalue weighted by Gasteiger charge is -2.05. The molecule has 1 aromatic carbocycles. The van der Waals surface area contributed by atoms with E-state index in [1.54, 1.807) is 26.1 Å². The predicted octanol–water partition coefficient (Wildman–Crippen LogP) is 0.852. The summed E-state index contributed by atoms with van der Waals surface area (Å²) in [6.07, 6.45) is 0. The van der Waals surface area contributed by atoms with Crippen molar-refractivity contribution in [3.05, 3.63) is 39.4 Å². The van der Waals surface area contributed by atoms with Crippen LogP contribution in [0.15, 0.2) is 18.2 Å². The van der Waals surface area contributed by atoms with Crippen LogP contribution < -0.4 is 10.6 Å². The van der Waals surface area contributed by atoms with Gasteiger partial charge in [0.25, 0.3) is 11.6 Å². The van der Waals surface area contributed by atoms with Crippen LogP contribution in [0.25, 0.3) is 0 Å². The van der Waals surface area contributed by atoms with E-state index in [2.05, 4.69) is 10.6 Å². The SMILES string of the molecule is CNCCNC(=O)c1ccc(C)c([N+](=O)[O-])c1. The van der Waals surface area contributed by atoms with Crippen LogP contribution in [0.4, 0.5) is 5.69 Å². The first-order chi connectivity index (χ1) is 8.06. The molecule has 0 saturated heterocycles. The Morgan fingerprint density at radius 2 is 2.12 bits per heavy atom. The summed E-state index contributed by atoms with van der Waals surface area (Å²) in [6.45, 7) is 2.78. The first-order valence-corrected chi connectivity index (χ1v) is 5.24. The Balaban J connectivity index is 2.81. The molecule has 0 unspecified atom stereocenters. The molecule has 1 aromatic rings. The second-order valence-electron chi connectivity index (χ2n) is 3.62. The summed E-state index contributed by atoms with van der Waals surface area (Å²) in [5, 5.41) is 16.3. The van der Waals surface area contributed by atoms with E-state index in [1.165, 1.54) is 6.07 Å². The van der Waals surface area contributed by atoms with Crippen molar-refractivity contribution in [3.63, 3.8) is 0 Å². The van der Waals surface area contributed by atoms with E-state index in [0.29, 0.717) is 24.2 Å². The highest BCUT2D eigenvalue weighted by Crippen LogP contribution is 2.18. The highest BCUT2D eigenvalue weighted by Gasteiger charge is 2.14. The first-order valence-electron chi connectivity index (χ1n) is 5.24. The molecular weight excluding hydrogens is 222 g/mol. The normalized spacial score (nSPS) is 10.0. The van der Waals surface area contributed by atoms with Crippen molar-refractivity contribution in [1.29, 1.82) is 0 Å². The minimum Gasteiger partial charge on any atom is -0.351 e. The summed E-state index contributed by atoms with van der Waals surface area (Å²) in [4.78, 5) is 21.9. The Morgan fingerprint density at radius 1 is 1.41 bits per heavy atom. The Bertz CT molecular complexity index is 432. The Hall–Kier alpha value is -1.95. The third kappa shape index (κ3) is 3.53. The lowest BCUT2D eigenvalue weighted by molar-refractivity contribution is -0.385. The molecule has 1 amide bonds. The minimum absolute atomic E-state index is 0.0359. The van der Waals surface area contributed by atoms with Crippen molar-refractivity contribution in [3.8, 4) is 0 Å². The largest absolute Gasteiger partial charge is 0.351 e. The highest BCUT2D eigenvalue weighted by atomic mass is 16.6. The fourth-order valence-corrected chi connectivity index (χ4v) is 1.35. The number of likely N-dealkylation sites (N-methyl/N-ethyl adjacent to an activating group) is 1. The lowest BCUT2D eigenvalue weighted by Crippen LogP contribution is -2.30. The topological polar surface area (TPSA) is 84.3 Å². The Morgan fingerprint density at radius 3 is 2.71 bits per heavy atom. The molecule has 0 radical (unpaired) electrons. The minimum atomic E-state index is -0.486. The monoisotopic (exact) mass is 237 g/mol. The summed E-state index contributed by atoms with van der Waals surface area (Å²) in [5.41, 5.74) is 0.812. The highest BCUT2D eigenvalue weighted by molar-refractivity contribution is 5.94. The first kappa shape index (κ1) is 13.1. The molecule has 0 heterocycles. The van der Waals surface area contributed by atoms with Crippen LogP contribution >= 0.6 is 0 Å². The third-order valence-electron chi connectivity index (χ3n) is 2.33. The average Bonchev–Trinajstić information content (AvgIpc) is 2.29. The molecule has 0 aliphatic rings. The van der Waals surface area contributed by atoms with Crippen LogP contribution in [0, 0.1) is 17.0 Å². The molecule has 6 heteroatoms. The number of aryl methyl sites for hydroxylation is 1. The number of carbonyl (C=O) groups is 1. The van der Waals surface area contributed by atoms with Crippen LogP contribution in [0.3, 0.4) is 0 Å². The standard InChI is InChI=1S/C11H15N3O3/c1-8-3-4-9(7-10(8)14(16)17)11(15)13-6-5-12-2/h3-4,7,12H,5-6H2,1-2H3,(H,13,15). The molecule has 1 rings (SSSR count). The van der Waals surface area contributed by atoms with Gasteiger partial charge < -0.3 is 10.6 Å². The maximum Gasteiger partial charge on any atom is 0.273 e. The van der Waals surface area contributed by atoms with E-state index >= 15 is 0 Å². The van der Waals surface area contributed by atoms with Gasteiger partial charge in [0.05, 0.1) is 4.92 Å². The number of nitrogens with zero attached hydrogens (tertiary/aromatic N) is 1. The molecule has 6 nitrogen and oxygen atoms in total. The average molecular weight is 237 g/mol. The molecule has 0 saturated carbocycles. The van der Waals surface area contributed by atoms with E-state index in [0.717, 1.165) is 0 Å². The molecule has 0 atom stereocenters. The van der Waals surface area contributed by atoms with Gasteiger partial charge in [0, 0.05) is 30.3 Å². The zero-order valence-electron chi connectivity index (χ0n) is 9.82. The molecular formula is C11H15N3O3. The molecule has 92 valence electrons. The van der Waals surface area contributed by atoms with Gasteiger partial charge in [-0.05, 0) is 20.0 Å². The third-order valence-corrected chi connectivity index (χ3v) is 2.33. The molecule has 0 aliphatic heterocycles. The van der Waals surface area contributed by atoms with Gasteiger partial charge in [0.1, 0.15) is 0 Å². The van der Waals surface area contributed by atoms with Crippen molar-refractivity contribution < 1.29 is 9.72 Å². The van der Waals surface area contributed by atoms with Gasteiger partial charge in [-0.25, -0.2) is 0 Å². The summed E-state index contributed by atoms with van der Waals surface area (Å²) in [7, 11) is 1.78. The zero-order chi connectivity index (χ0) is 12.8. The van der Waals surface area contributed by atoms with Gasteiger partial charge >= 0.3 is 0 Å². The predicted molar refractivity (Wildman–Crippen MR) is 64.1 cm³/mol. The van der Waals surface area contributed by atoms with Gasteiger partial charge in [0.15, 0.2) is 0 Å². The van der Waals surface area contributed by atoms with Crippen LogP contribution in [-0.4, -0.2) is 31.0 Å². The number of carbonyl (C=O) groups excluding carboxylic acids is 1. The second-order valence-corrected chi connectivity index (χ2v) is 3.62. The fraction of sp³-hybridized carbons (Fsp3) is 0.364. The summed E-state index contributed by atoms with van der Waals surface area (Å²) >= 11 is 0. The number of amides is 1. The van der Waals surface area contributed by atoms with Crippen LogP contribution in [0.5, 0.6) is 0 Å². The van der Waals surface area contributed by atoms with E-state index in [-0.39, 0.29) is 11.6 Å². The molecule has 0 aromatic heterocycles.